The van der Waals surface area contributed by atoms with E-state index in [1.165, 1.54) is 0 Å². The lowest BCUT2D eigenvalue weighted by Crippen LogP contribution is -2.35. The first-order valence-electron chi connectivity index (χ1n) is 9.72. The van der Waals surface area contributed by atoms with Crippen LogP contribution in [0.2, 0.25) is 0 Å². The van der Waals surface area contributed by atoms with Gasteiger partial charge in [-0.1, -0.05) is 12.1 Å². The molecule has 2 aromatic heterocycles. The van der Waals surface area contributed by atoms with Gasteiger partial charge in [0.2, 0.25) is 5.91 Å². The van der Waals surface area contributed by atoms with Gasteiger partial charge in [0.15, 0.2) is 0 Å². The number of anilines is 1. The highest BCUT2D eigenvalue weighted by Gasteiger charge is 2.24. The molecule has 3 N–H and O–H groups in total. The molecular weight excluding hydrogens is 350 g/mol. The molecule has 0 aliphatic carbocycles. The van der Waals surface area contributed by atoms with Crippen LogP contribution in [0.4, 0.5) is 5.69 Å². The molecule has 6 nitrogen and oxygen atoms in total. The molecule has 142 valence electrons. The lowest BCUT2D eigenvalue weighted by molar-refractivity contribution is -0.121. The van der Waals surface area contributed by atoms with Gasteiger partial charge in [0.1, 0.15) is 0 Å². The molecule has 4 aromatic rings. The van der Waals surface area contributed by atoms with Crippen molar-refractivity contribution in [3.63, 3.8) is 0 Å². The number of amides is 1. The van der Waals surface area contributed by atoms with E-state index in [0.29, 0.717) is 0 Å². The summed E-state index contributed by atoms with van der Waals surface area (Å²) in [7, 11) is 2.11. The molecule has 0 bridgehead atoms. The number of hydrogen-bond acceptors (Lipinski definition) is 3. The normalized spacial score (nSPS) is 16.0. The number of nitrogens with one attached hydrogen (secondary N) is 3. The summed E-state index contributed by atoms with van der Waals surface area (Å²) >= 11 is 0. The second kappa shape index (κ2) is 6.80. The SMILES string of the molecule is CN1CCC(C(=O)Nc2cc(-c3cccc4[nH]ccc34)cc3[nH]ncc23)CC1. The number of piperidine rings is 1. The van der Waals surface area contributed by atoms with Crippen molar-refractivity contribution >= 4 is 33.4 Å². The van der Waals surface area contributed by atoms with Crippen LogP contribution in [-0.2, 0) is 4.79 Å². The number of hydrogen-bond donors (Lipinski definition) is 3. The zero-order chi connectivity index (χ0) is 19.1. The minimum atomic E-state index is 0.0647. The highest BCUT2D eigenvalue weighted by molar-refractivity contribution is 6.05. The Morgan fingerprint density at radius 2 is 2.00 bits per heavy atom. The van der Waals surface area contributed by atoms with E-state index in [1.807, 2.05) is 12.3 Å². The van der Waals surface area contributed by atoms with E-state index in [2.05, 4.69) is 62.8 Å². The summed E-state index contributed by atoms with van der Waals surface area (Å²) in [6, 6.07) is 12.5. The van der Waals surface area contributed by atoms with Crippen LogP contribution < -0.4 is 5.32 Å². The third kappa shape index (κ3) is 2.96. The zero-order valence-corrected chi connectivity index (χ0v) is 15.8. The minimum Gasteiger partial charge on any atom is -0.361 e. The van der Waals surface area contributed by atoms with E-state index >= 15 is 0 Å². The fraction of sp³-hybridized carbons (Fsp3) is 0.273. The van der Waals surface area contributed by atoms with Crippen LogP contribution in [-0.4, -0.2) is 46.1 Å². The number of likely N-dealkylation sites (tertiary alicyclic amines) is 1. The molecule has 0 unspecified atom stereocenters. The van der Waals surface area contributed by atoms with E-state index in [1.54, 1.807) is 6.20 Å². The van der Waals surface area contributed by atoms with Gasteiger partial charge in [-0.3, -0.25) is 9.89 Å². The van der Waals surface area contributed by atoms with Crippen molar-refractivity contribution in [1.82, 2.24) is 20.1 Å². The smallest absolute Gasteiger partial charge is 0.227 e. The first kappa shape index (κ1) is 17.0. The fourth-order valence-corrected chi connectivity index (χ4v) is 4.15. The molecular formula is C22H23N5O. The molecule has 3 heterocycles. The Morgan fingerprint density at radius 1 is 1.14 bits per heavy atom. The highest BCUT2D eigenvalue weighted by Crippen LogP contribution is 2.34. The maximum absolute atomic E-state index is 12.9. The highest BCUT2D eigenvalue weighted by atomic mass is 16.1. The van der Waals surface area contributed by atoms with E-state index in [-0.39, 0.29) is 11.8 Å². The minimum absolute atomic E-state index is 0.0647. The first-order valence-corrected chi connectivity index (χ1v) is 9.72. The van der Waals surface area contributed by atoms with Gasteiger partial charge in [-0.25, -0.2) is 0 Å². The lowest BCUT2D eigenvalue weighted by Gasteiger charge is -2.28. The van der Waals surface area contributed by atoms with Crippen molar-refractivity contribution in [2.24, 2.45) is 5.92 Å². The Hall–Kier alpha value is -3.12. The Morgan fingerprint density at radius 3 is 2.86 bits per heavy atom. The van der Waals surface area contributed by atoms with Crippen LogP contribution >= 0.6 is 0 Å². The summed E-state index contributed by atoms with van der Waals surface area (Å²) in [5.41, 5.74) is 5.02. The molecule has 0 atom stereocenters. The Bertz CT molecular complexity index is 1150. The van der Waals surface area contributed by atoms with Gasteiger partial charge in [0, 0.05) is 28.4 Å². The molecule has 0 radical (unpaired) electrons. The average molecular weight is 373 g/mol. The molecule has 1 aliphatic rings. The van der Waals surface area contributed by atoms with Crippen molar-refractivity contribution in [2.75, 3.05) is 25.5 Å². The molecule has 2 aromatic carbocycles. The molecule has 0 saturated carbocycles. The van der Waals surface area contributed by atoms with Crippen LogP contribution in [0.15, 0.2) is 48.8 Å². The van der Waals surface area contributed by atoms with E-state index in [0.717, 1.165) is 64.6 Å². The van der Waals surface area contributed by atoms with Crippen LogP contribution in [0.3, 0.4) is 0 Å². The van der Waals surface area contributed by atoms with Crippen LogP contribution in [0.25, 0.3) is 32.9 Å². The number of benzene rings is 2. The largest absolute Gasteiger partial charge is 0.361 e. The van der Waals surface area contributed by atoms with E-state index < -0.39 is 0 Å². The standard InChI is InChI=1S/C22H23N5O/c1-27-9-6-14(7-10-27)22(28)25-20-11-15(12-21-18(20)13-24-26-21)16-3-2-4-19-17(16)5-8-23-19/h2-5,8,11-14,23H,6-7,9-10H2,1H3,(H,24,26)(H,25,28). The summed E-state index contributed by atoms with van der Waals surface area (Å²) in [5, 5.41) is 12.5. The van der Waals surface area contributed by atoms with Crippen molar-refractivity contribution < 1.29 is 4.79 Å². The number of nitrogens with zero attached hydrogens (tertiary/aromatic N) is 2. The molecule has 0 spiro atoms. The predicted molar refractivity (Wildman–Crippen MR) is 112 cm³/mol. The van der Waals surface area contributed by atoms with Gasteiger partial charge in [0.25, 0.3) is 0 Å². The second-order valence-electron chi connectivity index (χ2n) is 7.67. The van der Waals surface area contributed by atoms with Gasteiger partial charge < -0.3 is 15.2 Å². The summed E-state index contributed by atoms with van der Waals surface area (Å²) in [5.74, 6) is 0.169. The fourth-order valence-electron chi connectivity index (χ4n) is 4.15. The Kier molecular flexibility index (Phi) is 4.13. The number of aromatic nitrogens is 3. The summed E-state index contributed by atoms with van der Waals surface area (Å²) in [4.78, 5) is 18.4. The monoisotopic (exact) mass is 373 g/mol. The number of aromatic amines is 2. The summed E-state index contributed by atoms with van der Waals surface area (Å²) in [6.45, 7) is 1.93. The number of fused-ring (bicyclic) bond motifs is 2. The quantitative estimate of drug-likeness (QED) is 0.508. The molecule has 1 fully saturated rings. The van der Waals surface area contributed by atoms with Gasteiger partial charge >= 0.3 is 0 Å². The molecule has 1 amide bonds. The van der Waals surface area contributed by atoms with Gasteiger partial charge in [0.05, 0.1) is 17.4 Å². The lowest BCUT2D eigenvalue weighted by atomic mass is 9.95. The Labute approximate surface area is 162 Å². The molecule has 6 heteroatoms. The third-order valence-electron chi connectivity index (χ3n) is 5.81. The van der Waals surface area contributed by atoms with Gasteiger partial charge in [-0.15, -0.1) is 0 Å². The second-order valence-corrected chi connectivity index (χ2v) is 7.67. The number of rotatable bonds is 3. The van der Waals surface area contributed by atoms with Crippen molar-refractivity contribution in [3.8, 4) is 11.1 Å². The van der Waals surface area contributed by atoms with E-state index in [9.17, 15) is 4.79 Å². The predicted octanol–water partition coefficient (Wildman–Crippen LogP) is 3.99. The average Bonchev–Trinajstić information content (AvgIpc) is 3.37. The molecule has 28 heavy (non-hydrogen) atoms. The maximum Gasteiger partial charge on any atom is 0.227 e. The zero-order valence-electron chi connectivity index (χ0n) is 15.8. The first-order chi connectivity index (χ1) is 13.7. The summed E-state index contributed by atoms with van der Waals surface area (Å²) < 4.78 is 0. The van der Waals surface area contributed by atoms with Gasteiger partial charge in [-0.05, 0) is 68.4 Å². The molecule has 5 rings (SSSR count). The Balaban J connectivity index is 1.53. The number of H-pyrrole nitrogens is 2. The number of carbonyl (C=O) groups is 1. The van der Waals surface area contributed by atoms with E-state index in [4.69, 9.17) is 0 Å². The van der Waals surface area contributed by atoms with Crippen molar-refractivity contribution in [2.45, 2.75) is 12.8 Å². The van der Waals surface area contributed by atoms with Crippen LogP contribution in [0, 0.1) is 5.92 Å². The van der Waals surface area contributed by atoms with Gasteiger partial charge in [-0.2, -0.15) is 5.10 Å². The number of carbonyl (C=O) groups excluding carboxylic acids is 1. The molecule has 1 aliphatic heterocycles. The topological polar surface area (TPSA) is 76.8 Å². The van der Waals surface area contributed by atoms with Crippen molar-refractivity contribution in [3.05, 3.63) is 48.8 Å². The maximum atomic E-state index is 12.9. The third-order valence-corrected chi connectivity index (χ3v) is 5.81. The van der Waals surface area contributed by atoms with Crippen LogP contribution in [0.1, 0.15) is 12.8 Å². The van der Waals surface area contributed by atoms with Crippen molar-refractivity contribution in [1.29, 1.82) is 0 Å². The van der Waals surface area contributed by atoms with Crippen LogP contribution in [0.5, 0.6) is 0 Å². The molecule has 1 saturated heterocycles. The summed E-state index contributed by atoms with van der Waals surface area (Å²) in [6.07, 6.45) is 5.53.